The minimum absolute atomic E-state index is 0.129. The molecular weight excluding hydrogens is 228 g/mol. The first-order valence-corrected chi connectivity index (χ1v) is 6.72. The van der Waals surface area contributed by atoms with Gasteiger partial charge in [-0.15, -0.1) is 0 Å². The van der Waals surface area contributed by atoms with E-state index in [9.17, 15) is 4.79 Å². The molecule has 1 aliphatic carbocycles. The molecule has 0 unspecified atom stereocenters. The molecule has 1 aromatic rings. The maximum absolute atomic E-state index is 12.3. The second-order valence-electron chi connectivity index (χ2n) is 5.13. The summed E-state index contributed by atoms with van der Waals surface area (Å²) in [6, 6.07) is 0. The van der Waals surface area contributed by atoms with E-state index in [0.717, 1.165) is 37.8 Å². The van der Waals surface area contributed by atoms with Crippen molar-refractivity contribution in [3.8, 4) is 0 Å². The number of rotatable bonds is 5. The van der Waals surface area contributed by atoms with Crippen LogP contribution in [0.1, 0.15) is 37.8 Å². The first kappa shape index (κ1) is 13.1. The molecule has 0 aliphatic heterocycles. The van der Waals surface area contributed by atoms with Crippen molar-refractivity contribution in [1.29, 1.82) is 0 Å². The Morgan fingerprint density at radius 2 is 2.22 bits per heavy atom. The fourth-order valence-corrected chi connectivity index (χ4v) is 2.67. The van der Waals surface area contributed by atoms with Crippen LogP contribution in [0.5, 0.6) is 0 Å². The van der Waals surface area contributed by atoms with E-state index in [1.54, 1.807) is 12.5 Å². The fourth-order valence-electron chi connectivity index (χ4n) is 2.67. The lowest BCUT2D eigenvalue weighted by Crippen LogP contribution is -2.47. The number of carbonyl (C=O) groups is 1. The SMILES string of the molecule is NCC1(C(=O)NCCc2cnc[nH]2)CCCCC1. The van der Waals surface area contributed by atoms with Gasteiger partial charge in [-0.1, -0.05) is 19.3 Å². The molecule has 1 heterocycles. The summed E-state index contributed by atoms with van der Waals surface area (Å²) in [5, 5.41) is 3.02. The van der Waals surface area contributed by atoms with Crippen molar-refractivity contribution in [2.24, 2.45) is 11.1 Å². The first-order chi connectivity index (χ1) is 8.77. The van der Waals surface area contributed by atoms with E-state index in [4.69, 9.17) is 5.73 Å². The van der Waals surface area contributed by atoms with Crippen LogP contribution in [0.4, 0.5) is 0 Å². The summed E-state index contributed by atoms with van der Waals surface area (Å²) in [4.78, 5) is 19.2. The van der Waals surface area contributed by atoms with E-state index < -0.39 is 0 Å². The van der Waals surface area contributed by atoms with Crippen LogP contribution < -0.4 is 11.1 Å². The van der Waals surface area contributed by atoms with Gasteiger partial charge in [-0.25, -0.2) is 4.98 Å². The highest BCUT2D eigenvalue weighted by Crippen LogP contribution is 2.35. The summed E-state index contributed by atoms with van der Waals surface area (Å²) < 4.78 is 0. The van der Waals surface area contributed by atoms with Crippen LogP contribution in [0, 0.1) is 5.41 Å². The minimum Gasteiger partial charge on any atom is -0.355 e. The van der Waals surface area contributed by atoms with Gasteiger partial charge < -0.3 is 16.0 Å². The molecule has 2 rings (SSSR count). The van der Waals surface area contributed by atoms with Crippen molar-refractivity contribution in [2.75, 3.05) is 13.1 Å². The summed E-state index contributed by atoms with van der Waals surface area (Å²) in [6.45, 7) is 1.10. The van der Waals surface area contributed by atoms with Crippen molar-refractivity contribution in [3.63, 3.8) is 0 Å². The molecule has 0 spiro atoms. The second-order valence-corrected chi connectivity index (χ2v) is 5.13. The Balaban J connectivity index is 1.82. The fraction of sp³-hybridized carbons (Fsp3) is 0.692. The second kappa shape index (κ2) is 6.00. The van der Waals surface area contributed by atoms with Gasteiger partial charge in [-0.05, 0) is 12.8 Å². The summed E-state index contributed by atoms with van der Waals surface area (Å²) in [7, 11) is 0. The van der Waals surface area contributed by atoms with Gasteiger partial charge in [0.15, 0.2) is 0 Å². The van der Waals surface area contributed by atoms with Crippen LogP contribution in [-0.2, 0) is 11.2 Å². The Hall–Kier alpha value is -1.36. The van der Waals surface area contributed by atoms with Gasteiger partial charge >= 0.3 is 0 Å². The molecular formula is C13H22N4O. The van der Waals surface area contributed by atoms with E-state index in [0.29, 0.717) is 13.1 Å². The Kier molecular flexibility index (Phi) is 4.36. The zero-order valence-electron chi connectivity index (χ0n) is 10.7. The molecule has 0 aromatic carbocycles. The molecule has 1 fully saturated rings. The molecule has 5 nitrogen and oxygen atoms in total. The molecule has 4 N–H and O–H groups in total. The number of nitrogens with zero attached hydrogens (tertiary/aromatic N) is 1. The molecule has 0 atom stereocenters. The van der Waals surface area contributed by atoms with E-state index in [1.165, 1.54) is 6.42 Å². The van der Waals surface area contributed by atoms with Gasteiger partial charge in [0.1, 0.15) is 0 Å². The standard InChI is InChI=1S/C13H22N4O/c14-9-13(5-2-1-3-6-13)12(18)16-7-4-11-8-15-10-17-11/h8,10H,1-7,9,14H2,(H,15,17)(H,16,18). The molecule has 0 radical (unpaired) electrons. The number of imidazole rings is 1. The van der Waals surface area contributed by atoms with E-state index in [-0.39, 0.29) is 11.3 Å². The number of amides is 1. The average molecular weight is 250 g/mol. The Labute approximate surface area is 108 Å². The predicted octanol–water partition coefficient (Wildman–Crippen LogP) is 0.978. The van der Waals surface area contributed by atoms with Crippen LogP contribution in [0.3, 0.4) is 0 Å². The molecule has 1 aliphatic rings. The average Bonchev–Trinajstić information content (AvgIpc) is 2.92. The molecule has 0 saturated heterocycles. The van der Waals surface area contributed by atoms with Crippen LogP contribution in [0.15, 0.2) is 12.5 Å². The van der Waals surface area contributed by atoms with Gasteiger partial charge in [0.05, 0.1) is 11.7 Å². The summed E-state index contributed by atoms with van der Waals surface area (Å²) in [6.07, 6.45) is 9.54. The van der Waals surface area contributed by atoms with Crippen molar-refractivity contribution in [1.82, 2.24) is 15.3 Å². The zero-order chi connectivity index (χ0) is 12.8. The van der Waals surface area contributed by atoms with Gasteiger partial charge in [0.2, 0.25) is 5.91 Å². The largest absolute Gasteiger partial charge is 0.355 e. The van der Waals surface area contributed by atoms with Crippen molar-refractivity contribution in [3.05, 3.63) is 18.2 Å². The maximum atomic E-state index is 12.3. The van der Waals surface area contributed by atoms with E-state index in [1.807, 2.05) is 0 Å². The number of hydrogen-bond donors (Lipinski definition) is 3. The van der Waals surface area contributed by atoms with Crippen LogP contribution in [0.2, 0.25) is 0 Å². The monoisotopic (exact) mass is 250 g/mol. The lowest BCUT2D eigenvalue weighted by Gasteiger charge is -2.34. The molecule has 18 heavy (non-hydrogen) atoms. The van der Waals surface area contributed by atoms with E-state index >= 15 is 0 Å². The van der Waals surface area contributed by atoms with Gasteiger partial charge in [-0.2, -0.15) is 0 Å². The summed E-state index contributed by atoms with van der Waals surface area (Å²) >= 11 is 0. The van der Waals surface area contributed by atoms with E-state index in [2.05, 4.69) is 15.3 Å². The van der Waals surface area contributed by atoms with Gasteiger partial charge in [0.25, 0.3) is 0 Å². The first-order valence-electron chi connectivity index (χ1n) is 6.72. The number of H-pyrrole nitrogens is 1. The minimum atomic E-state index is -0.313. The Morgan fingerprint density at radius 3 is 2.83 bits per heavy atom. The zero-order valence-corrected chi connectivity index (χ0v) is 10.7. The highest BCUT2D eigenvalue weighted by atomic mass is 16.2. The van der Waals surface area contributed by atoms with Crippen molar-refractivity contribution >= 4 is 5.91 Å². The highest BCUT2D eigenvalue weighted by Gasteiger charge is 2.37. The third-order valence-corrected chi connectivity index (χ3v) is 3.92. The maximum Gasteiger partial charge on any atom is 0.227 e. The number of carbonyl (C=O) groups excluding carboxylic acids is 1. The molecule has 1 saturated carbocycles. The number of nitrogens with two attached hydrogens (primary N) is 1. The number of aromatic nitrogens is 2. The number of nitrogens with one attached hydrogen (secondary N) is 2. The normalized spacial score (nSPS) is 18.5. The highest BCUT2D eigenvalue weighted by molar-refractivity contribution is 5.83. The summed E-state index contributed by atoms with van der Waals surface area (Å²) in [5.41, 5.74) is 6.56. The molecule has 100 valence electrons. The van der Waals surface area contributed by atoms with Crippen molar-refractivity contribution < 1.29 is 4.79 Å². The lowest BCUT2D eigenvalue weighted by molar-refractivity contribution is -0.132. The van der Waals surface area contributed by atoms with Crippen LogP contribution in [-0.4, -0.2) is 29.0 Å². The van der Waals surface area contributed by atoms with Gasteiger partial charge in [-0.3, -0.25) is 4.79 Å². The third-order valence-electron chi connectivity index (χ3n) is 3.92. The number of hydrogen-bond acceptors (Lipinski definition) is 3. The Bertz CT molecular complexity index is 368. The smallest absolute Gasteiger partial charge is 0.227 e. The van der Waals surface area contributed by atoms with Crippen molar-refractivity contribution in [2.45, 2.75) is 38.5 Å². The molecule has 5 heteroatoms. The van der Waals surface area contributed by atoms with Gasteiger partial charge in [0, 0.05) is 31.4 Å². The number of aromatic amines is 1. The predicted molar refractivity (Wildman–Crippen MR) is 69.9 cm³/mol. The Morgan fingerprint density at radius 1 is 1.44 bits per heavy atom. The third kappa shape index (κ3) is 2.90. The topological polar surface area (TPSA) is 83.8 Å². The quantitative estimate of drug-likeness (QED) is 0.728. The van der Waals surface area contributed by atoms with Crippen LogP contribution >= 0.6 is 0 Å². The lowest BCUT2D eigenvalue weighted by atomic mass is 9.73. The van der Waals surface area contributed by atoms with Crippen LogP contribution in [0.25, 0.3) is 0 Å². The molecule has 1 amide bonds. The molecule has 0 bridgehead atoms. The molecule has 1 aromatic heterocycles. The summed E-state index contributed by atoms with van der Waals surface area (Å²) in [5.74, 6) is 0.129.